The summed E-state index contributed by atoms with van der Waals surface area (Å²) in [6, 6.07) is 6.03. The van der Waals surface area contributed by atoms with E-state index >= 15 is 0 Å². The van der Waals surface area contributed by atoms with Gasteiger partial charge in [-0.25, -0.2) is 4.98 Å². The molecule has 2 rings (SSSR count). The summed E-state index contributed by atoms with van der Waals surface area (Å²) < 4.78 is 7.54. The van der Waals surface area contributed by atoms with E-state index < -0.39 is 0 Å². The highest BCUT2D eigenvalue weighted by Gasteiger charge is 2.11. The lowest BCUT2D eigenvalue weighted by Gasteiger charge is -2.11. The summed E-state index contributed by atoms with van der Waals surface area (Å²) in [5, 5.41) is 9.04. The number of methoxy groups -OCH3 is 1. The number of imidazole rings is 1. The van der Waals surface area contributed by atoms with Gasteiger partial charge in [-0.2, -0.15) is 0 Å². The summed E-state index contributed by atoms with van der Waals surface area (Å²) in [5.41, 5.74) is 2.13. The number of aliphatic hydroxyl groups is 1. The van der Waals surface area contributed by atoms with Crippen LogP contribution >= 0.6 is 0 Å². The number of hydrogen-bond acceptors (Lipinski definition) is 3. The highest BCUT2D eigenvalue weighted by atomic mass is 16.5. The van der Waals surface area contributed by atoms with E-state index in [1.54, 1.807) is 7.11 Å². The number of aryl methyl sites for hydroxylation is 2. The second-order valence-corrected chi connectivity index (χ2v) is 5.54. The fourth-order valence-electron chi connectivity index (χ4n) is 2.35. The molecule has 4 heteroatoms. The molecule has 0 spiro atoms. The molecule has 0 aliphatic rings. The average molecular weight is 276 g/mol. The second-order valence-electron chi connectivity index (χ2n) is 5.54. The Kier molecular flexibility index (Phi) is 5.01. The fourth-order valence-corrected chi connectivity index (χ4v) is 2.35. The Morgan fingerprint density at radius 2 is 2.15 bits per heavy atom. The Morgan fingerprint density at radius 1 is 1.35 bits per heavy atom. The number of rotatable bonds is 7. The standard InChI is InChI=1S/C16H24N2O2/c1-12(2)8-9-18-15-7-6-13(20-3)11-14(15)17-16(18)5-4-10-19/h6-7,11-12,19H,4-5,8-10H2,1-3H3. The van der Waals surface area contributed by atoms with Crippen molar-refractivity contribution < 1.29 is 9.84 Å². The number of aromatic nitrogens is 2. The summed E-state index contributed by atoms with van der Waals surface area (Å²) in [6.07, 6.45) is 2.69. The van der Waals surface area contributed by atoms with E-state index in [2.05, 4.69) is 24.5 Å². The number of hydrogen-bond donors (Lipinski definition) is 1. The minimum absolute atomic E-state index is 0.205. The monoisotopic (exact) mass is 276 g/mol. The molecular weight excluding hydrogens is 252 g/mol. The first-order valence-corrected chi connectivity index (χ1v) is 7.29. The van der Waals surface area contributed by atoms with Crippen molar-refractivity contribution >= 4 is 11.0 Å². The number of nitrogens with zero attached hydrogens (tertiary/aromatic N) is 2. The third kappa shape index (κ3) is 3.31. The van der Waals surface area contributed by atoms with Crippen molar-refractivity contribution in [2.24, 2.45) is 5.92 Å². The summed E-state index contributed by atoms with van der Waals surface area (Å²) in [5.74, 6) is 2.55. The molecule has 1 aromatic carbocycles. The number of fused-ring (bicyclic) bond motifs is 1. The molecule has 0 fully saturated rings. The van der Waals surface area contributed by atoms with Crippen LogP contribution in [0.2, 0.25) is 0 Å². The highest BCUT2D eigenvalue weighted by molar-refractivity contribution is 5.77. The van der Waals surface area contributed by atoms with Gasteiger partial charge in [-0.05, 0) is 30.9 Å². The lowest BCUT2D eigenvalue weighted by Crippen LogP contribution is -2.07. The van der Waals surface area contributed by atoms with Crippen molar-refractivity contribution in [3.63, 3.8) is 0 Å². The van der Waals surface area contributed by atoms with Crippen molar-refractivity contribution in [1.29, 1.82) is 0 Å². The maximum Gasteiger partial charge on any atom is 0.121 e. The summed E-state index contributed by atoms with van der Waals surface area (Å²) in [4.78, 5) is 4.71. The van der Waals surface area contributed by atoms with Crippen molar-refractivity contribution in [1.82, 2.24) is 9.55 Å². The van der Waals surface area contributed by atoms with E-state index in [1.165, 1.54) is 0 Å². The average Bonchev–Trinajstić information content (AvgIpc) is 2.79. The molecule has 0 amide bonds. The zero-order valence-electron chi connectivity index (χ0n) is 12.6. The van der Waals surface area contributed by atoms with Gasteiger partial charge < -0.3 is 14.4 Å². The van der Waals surface area contributed by atoms with Gasteiger partial charge in [0.1, 0.15) is 11.6 Å². The molecule has 0 aliphatic carbocycles. The predicted molar refractivity (Wildman–Crippen MR) is 81.1 cm³/mol. The van der Waals surface area contributed by atoms with Gasteiger partial charge in [0.05, 0.1) is 18.1 Å². The molecule has 0 saturated heterocycles. The molecule has 0 aliphatic heterocycles. The smallest absolute Gasteiger partial charge is 0.121 e. The van der Waals surface area contributed by atoms with Gasteiger partial charge in [0.15, 0.2) is 0 Å². The maximum absolute atomic E-state index is 9.04. The number of aliphatic hydroxyl groups excluding tert-OH is 1. The van der Waals surface area contributed by atoms with Crippen molar-refractivity contribution in [3.8, 4) is 5.75 Å². The van der Waals surface area contributed by atoms with Crippen LogP contribution in [0, 0.1) is 5.92 Å². The molecule has 20 heavy (non-hydrogen) atoms. The van der Waals surface area contributed by atoms with Crippen LogP contribution in [0.15, 0.2) is 18.2 Å². The third-order valence-electron chi connectivity index (χ3n) is 3.52. The predicted octanol–water partition coefficient (Wildman–Crippen LogP) is 3.02. The summed E-state index contributed by atoms with van der Waals surface area (Å²) >= 11 is 0. The Hall–Kier alpha value is -1.55. The molecule has 1 aromatic heterocycles. The molecule has 4 nitrogen and oxygen atoms in total. The topological polar surface area (TPSA) is 47.3 Å². The van der Waals surface area contributed by atoms with Crippen LogP contribution in [0.5, 0.6) is 5.75 Å². The van der Waals surface area contributed by atoms with E-state index in [0.717, 1.165) is 48.4 Å². The van der Waals surface area contributed by atoms with Gasteiger partial charge in [-0.1, -0.05) is 13.8 Å². The molecule has 0 atom stereocenters. The van der Waals surface area contributed by atoms with E-state index in [-0.39, 0.29) is 6.61 Å². The molecule has 0 saturated carbocycles. The zero-order chi connectivity index (χ0) is 14.5. The molecule has 1 heterocycles. The van der Waals surface area contributed by atoms with Gasteiger partial charge in [0, 0.05) is 25.6 Å². The Bertz CT molecular complexity index is 561. The molecule has 0 radical (unpaired) electrons. The molecule has 0 bridgehead atoms. The van der Waals surface area contributed by atoms with Gasteiger partial charge in [-0.3, -0.25) is 0 Å². The summed E-state index contributed by atoms with van der Waals surface area (Å²) in [6.45, 7) is 5.64. The van der Waals surface area contributed by atoms with E-state index in [0.29, 0.717) is 5.92 Å². The Morgan fingerprint density at radius 3 is 2.80 bits per heavy atom. The van der Waals surface area contributed by atoms with Crippen molar-refractivity contribution in [2.45, 2.75) is 39.7 Å². The van der Waals surface area contributed by atoms with Crippen LogP contribution in [0.25, 0.3) is 11.0 Å². The van der Waals surface area contributed by atoms with Gasteiger partial charge in [-0.15, -0.1) is 0 Å². The normalized spacial score (nSPS) is 11.4. The first-order chi connectivity index (χ1) is 9.65. The van der Waals surface area contributed by atoms with Gasteiger partial charge in [0.25, 0.3) is 0 Å². The first kappa shape index (κ1) is 14.9. The molecular formula is C16H24N2O2. The van der Waals surface area contributed by atoms with Gasteiger partial charge >= 0.3 is 0 Å². The van der Waals surface area contributed by atoms with Crippen LogP contribution in [-0.2, 0) is 13.0 Å². The number of ether oxygens (including phenoxy) is 1. The van der Waals surface area contributed by atoms with E-state index in [9.17, 15) is 0 Å². The molecule has 2 aromatic rings. The molecule has 0 unspecified atom stereocenters. The van der Waals surface area contributed by atoms with Crippen molar-refractivity contribution in [2.75, 3.05) is 13.7 Å². The van der Waals surface area contributed by atoms with Crippen molar-refractivity contribution in [3.05, 3.63) is 24.0 Å². The largest absolute Gasteiger partial charge is 0.497 e. The van der Waals surface area contributed by atoms with E-state index in [1.807, 2.05) is 12.1 Å². The SMILES string of the molecule is COc1ccc2c(c1)nc(CCCO)n2CCC(C)C. The zero-order valence-corrected chi connectivity index (χ0v) is 12.6. The Labute approximate surface area is 120 Å². The minimum Gasteiger partial charge on any atom is -0.497 e. The highest BCUT2D eigenvalue weighted by Crippen LogP contribution is 2.23. The van der Waals surface area contributed by atoms with Crippen LogP contribution < -0.4 is 4.74 Å². The third-order valence-corrected chi connectivity index (χ3v) is 3.52. The second kappa shape index (κ2) is 6.75. The van der Waals surface area contributed by atoms with E-state index in [4.69, 9.17) is 14.8 Å². The van der Waals surface area contributed by atoms with Crippen LogP contribution in [0.4, 0.5) is 0 Å². The Balaban J connectivity index is 2.37. The lowest BCUT2D eigenvalue weighted by atomic mass is 10.1. The van der Waals surface area contributed by atoms with Crippen LogP contribution in [0.3, 0.4) is 0 Å². The molecule has 1 N–H and O–H groups in total. The van der Waals surface area contributed by atoms with Crippen LogP contribution in [-0.4, -0.2) is 28.4 Å². The number of benzene rings is 1. The fraction of sp³-hybridized carbons (Fsp3) is 0.562. The van der Waals surface area contributed by atoms with Crippen LogP contribution in [0.1, 0.15) is 32.5 Å². The lowest BCUT2D eigenvalue weighted by molar-refractivity contribution is 0.286. The quantitative estimate of drug-likeness (QED) is 0.845. The maximum atomic E-state index is 9.04. The molecule has 110 valence electrons. The van der Waals surface area contributed by atoms with Gasteiger partial charge in [0.2, 0.25) is 0 Å². The first-order valence-electron chi connectivity index (χ1n) is 7.29. The summed E-state index contributed by atoms with van der Waals surface area (Å²) in [7, 11) is 1.67. The minimum atomic E-state index is 0.205.